The zero-order valence-electron chi connectivity index (χ0n) is 26.1. The fraction of sp³-hybridized carbons (Fsp3) is 0.278. The summed E-state index contributed by atoms with van der Waals surface area (Å²) in [6, 6.07) is 31.0. The average molecular weight is 628 g/mol. The van der Waals surface area contributed by atoms with Gasteiger partial charge in [0.15, 0.2) is 0 Å². The van der Waals surface area contributed by atoms with Crippen molar-refractivity contribution < 1.29 is 22.7 Å². The first-order valence-corrected chi connectivity index (χ1v) is 16.6. The number of rotatable bonds is 15. The number of hydrogen-bond donors (Lipinski definition) is 1. The molecule has 45 heavy (non-hydrogen) atoms. The molecule has 0 fully saturated rings. The van der Waals surface area contributed by atoms with E-state index in [9.17, 15) is 18.0 Å². The fourth-order valence-electron chi connectivity index (χ4n) is 5.14. The summed E-state index contributed by atoms with van der Waals surface area (Å²) in [6.45, 7) is 4.05. The third kappa shape index (κ3) is 8.73. The molecule has 0 bridgehead atoms. The molecule has 8 nitrogen and oxygen atoms in total. The van der Waals surface area contributed by atoms with Crippen molar-refractivity contribution in [3.05, 3.63) is 126 Å². The summed E-state index contributed by atoms with van der Waals surface area (Å²) in [7, 11) is -2.76. The van der Waals surface area contributed by atoms with Crippen molar-refractivity contribution in [1.82, 2.24) is 10.2 Å². The molecule has 9 heteroatoms. The first-order chi connectivity index (χ1) is 21.7. The zero-order chi connectivity index (χ0) is 32.2. The lowest BCUT2D eigenvalue weighted by molar-refractivity contribution is -0.140. The number of anilines is 1. The minimum Gasteiger partial charge on any atom is -0.495 e. The van der Waals surface area contributed by atoms with Crippen molar-refractivity contribution in [1.29, 1.82) is 0 Å². The van der Waals surface area contributed by atoms with Crippen LogP contribution in [0.2, 0.25) is 0 Å². The van der Waals surface area contributed by atoms with Crippen LogP contribution in [0.3, 0.4) is 0 Å². The summed E-state index contributed by atoms with van der Waals surface area (Å²) in [5.74, 6) is -0.510. The molecule has 0 spiro atoms. The summed E-state index contributed by atoms with van der Waals surface area (Å²) in [6.07, 6.45) is 1.96. The molecule has 0 saturated carbocycles. The maximum atomic E-state index is 14.6. The van der Waals surface area contributed by atoms with Gasteiger partial charge in [-0.15, -0.1) is 0 Å². The first kappa shape index (κ1) is 33.3. The predicted molar refractivity (Wildman–Crippen MR) is 178 cm³/mol. The van der Waals surface area contributed by atoms with E-state index in [0.29, 0.717) is 12.3 Å². The molecule has 2 amide bonds. The Kier molecular flexibility index (Phi) is 11.8. The van der Waals surface area contributed by atoms with Gasteiger partial charge in [-0.05, 0) is 48.7 Å². The number of amides is 2. The van der Waals surface area contributed by atoms with E-state index in [1.165, 1.54) is 24.1 Å². The Morgan fingerprint density at radius 1 is 0.844 bits per heavy atom. The van der Waals surface area contributed by atoms with Crippen LogP contribution in [0.15, 0.2) is 114 Å². The number of carbonyl (C=O) groups is 2. The molecule has 0 aliphatic heterocycles. The second-order valence-corrected chi connectivity index (χ2v) is 12.7. The highest BCUT2D eigenvalue weighted by molar-refractivity contribution is 7.92. The van der Waals surface area contributed by atoms with E-state index in [4.69, 9.17) is 4.74 Å². The van der Waals surface area contributed by atoms with Crippen LogP contribution in [0.1, 0.15) is 36.5 Å². The second-order valence-electron chi connectivity index (χ2n) is 10.9. The first-order valence-electron chi connectivity index (χ1n) is 15.1. The van der Waals surface area contributed by atoms with Gasteiger partial charge in [0, 0.05) is 19.5 Å². The molecule has 0 aliphatic carbocycles. The lowest BCUT2D eigenvalue weighted by Crippen LogP contribution is -2.53. The van der Waals surface area contributed by atoms with Crippen LogP contribution in [-0.4, -0.2) is 51.4 Å². The minimum atomic E-state index is -4.21. The van der Waals surface area contributed by atoms with Gasteiger partial charge >= 0.3 is 0 Å². The molecular formula is C36H41N3O5S. The molecular weight excluding hydrogens is 586 g/mol. The Morgan fingerprint density at radius 2 is 1.49 bits per heavy atom. The molecule has 0 radical (unpaired) electrons. The van der Waals surface area contributed by atoms with Crippen molar-refractivity contribution >= 4 is 27.5 Å². The van der Waals surface area contributed by atoms with Gasteiger partial charge in [-0.2, -0.15) is 0 Å². The Labute approximate surface area is 266 Å². The number of sulfonamides is 1. The van der Waals surface area contributed by atoms with E-state index in [0.717, 1.165) is 33.8 Å². The summed E-state index contributed by atoms with van der Waals surface area (Å²) in [4.78, 5) is 29.9. The van der Waals surface area contributed by atoms with Crippen LogP contribution in [0.4, 0.5) is 5.69 Å². The minimum absolute atomic E-state index is 0.0343. The standard InChI is InChI=1S/C36H41N3O5S/c1-4-5-23-37-36(41)33(25-29-16-8-6-9-17-29)38(26-30-18-14-15-28(2)24-30)35(40)27-39(32-21-12-13-22-34(32)44-3)45(42,43)31-19-10-7-11-20-31/h6-22,24,33H,4-5,23,25-27H2,1-3H3,(H,37,41)/t33-/m1/s1. The van der Waals surface area contributed by atoms with E-state index in [1.54, 1.807) is 42.5 Å². The van der Waals surface area contributed by atoms with E-state index < -0.39 is 28.5 Å². The predicted octanol–water partition coefficient (Wildman–Crippen LogP) is 5.76. The van der Waals surface area contributed by atoms with Crippen LogP contribution in [0.5, 0.6) is 5.75 Å². The molecule has 0 saturated heterocycles. The molecule has 236 valence electrons. The van der Waals surface area contributed by atoms with Crippen LogP contribution < -0.4 is 14.4 Å². The number of nitrogens with one attached hydrogen (secondary N) is 1. The summed E-state index contributed by atoms with van der Waals surface area (Å²) >= 11 is 0. The van der Waals surface area contributed by atoms with Crippen LogP contribution in [0.25, 0.3) is 0 Å². The van der Waals surface area contributed by atoms with Crippen LogP contribution >= 0.6 is 0 Å². The van der Waals surface area contributed by atoms with Gasteiger partial charge < -0.3 is 15.0 Å². The number of unbranched alkanes of at least 4 members (excludes halogenated alkanes) is 1. The van der Waals surface area contributed by atoms with Gasteiger partial charge in [0.25, 0.3) is 10.0 Å². The normalized spacial score (nSPS) is 11.8. The highest BCUT2D eigenvalue weighted by atomic mass is 32.2. The molecule has 4 aromatic carbocycles. The van der Waals surface area contributed by atoms with Gasteiger partial charge in [0.05, 0.1) is 17.7 Å². The van der Waals surface area contributed by atoms with Crippen molar-refractivity contribution in [3.63, 3.8) is 0 Å². The van der Waals surface area contributed by atoms with E-state index in [-0.39, 0.29) is 29.5 Å². The van der Waals surface area contributed by atoms with Gasteiger partial charge in [-0.1, -0.05) is 104 Å². The van der Waals surface area contributed by atoms with E-state index in [1.807, 2.05) is 68.4 Å². The highest BCUT2D eigenvalue weighted by Gasteiger charge is 2.35. The molecule has 1 atom stereocenters. The van der Waals surface area contributed by atoms with E-state index >= 15 is 0 Å². The van der Waals surface area contributed by atoms with E-state index in [2.05, 4.69) is 5.32 Å². The number of benzene rings is 4. The Bertz CT molecular complexity index is 1660. The quantitative estimate of drug-likeness (QED) is 0.169. The topological polar surface area (TPSA) is 96.0 Å². The Balaban J connectivity index is 1.81. The van der Waals surface area contributed by atoms with Gasteiger partial charge in [-0.3, -0.25) is 13.9 Å². The van der Waals surface area contributed by atoms with Crippen LogP contribution in [-0.2, 0) is 32.6 Å². The second kappa shape index (κ2) is 15.9. The smallest absolute Gasteiger partial charge is 0.264 e. The molecule has 1 N–H and O–H groups in total. The van der Waals surface area contributed by atoms with Crippen molar-refractivity contribution in [2.24, 2.45) is 0 Å². The highest BCUT2D eigenvalue weighted by Crippen LogP contribution is 2.32. The number of ether oxygens (including phenoxy) is 1. The monoisotopic (exact) mass is 627 g/mol. The number of hydrogen-bond acceptors (Lipinski definition) is 5. The number of nitrogens with zero attached hydrogens (tertiary/aromatic N) is 2. The van der Waals surface area contributed by atoms with Crippen molar-refractivity contribution in [2.75, 3.05) is 24.5 Å². The zero-order valence-corrected chi connectivity index (χ0v) is 26.9. The van der Waals surface area contributed by atoms with Crippen LogP contribution in [0, 0.1) is 6.92 Å². The van der Waals surface area contributed by atoms with Gasteiger partial charge in [0.1, 0.15) is 18.3 Å². The SMILES string of the molecule is CCCCNC(=O)[C@@H](Cc1ccccc1)N(Cc1cccc(C)c1)C(=O)CN(c1ccccc1OC)S(=O)(=O)c1ccccc1. The van der Waals surface area contributed by atoms with Gasteiger partial charge in [-0.25, -0.2) is 8.42 Å². The molecule has 0 unspecified atom stereocenters. The van der Waals surface area contributed by atoms with Crippen molar-refractivity contribution in [2.45, 2.75) is 50.6 Å². The largest absolute Gasteiger partial charge is 0.495 e. The lowest BCUT2D eigenvalue weighted by Gasteiger charge is -2.34. The van der Waals surface area contributed by atoms with Gasteiger partial charge in [0.2, 0.25) is 11.8 Å². The maximum Gasteiger partial charge on any atom is 0.264 e. The van der Waals surface area contributed by atoms with Crippen molar-refractivity contribution in [3.8, 4) is 5.75 Å². The number of carbonyl (C=O) groups excluding carboxylic acids is 2. The number of para-hydroxylation sites is 2. The summed E-state index contributed by atoms with van der Waals surface area (Å²) < 4.78 is 34.9. The average Bonchev–Trinajstić information content (AvgIpc) is 3.06. The fourth-order valence-corrected chi connectivity index (χ4v) is 6.58. The Morgan fingerprint density at radius 3 is 2.16 bits per heavy atom. The lowest BCUT2D eigenvalue weighted by atomic mass is 10.0. The molecule has 0 aromatic heterocycles. The molecule has 4 rings (SSSR count). The third-order valence-corrected chi connectivity index (χ3v) is 9.27. The number of aryl methyl sites for hydroxylation is 1. The molecule has 0 aliphatic rings. The Hall–Kier alpha value is -4.63. The molecule has 0 heterocycles. The third-order valence-electron chi connectivity index (χ3n) is 7.50. The summed E-state index contributed by atoms with van der Waals surface area (Å²) in [5.41, 5.74) is 2.94. The summed E-state index contributed by atoms with van der Waals surface area (Å²) in [5, 5.41) is 3.01. The molecule has 4 aromatic rings. The number of methoxy groups -OCH3 is 1. The maximum absolute atomic E-state index is 14.6.